The van der Waals surface area contributed by atoms with E-state index in [1.165, 1.54) is 5.69 Å². The standard InChI is InChI=1S/C24H26BrN3O3/c1-17-14-19(28-12-10-27(2)11-13-28)6-8-22(17)26-24(29)23-9-7-21(31-23)16-30-20-5-3-4-18(25)15-20/h3-9,14-15H,10-13,16H2,1-2H3,(H,26,29). The van der Waals surface area contributed by atoms with Crippen LogP contribution >= 0.6 is 15.9 Å². The van der Waals surface area contributed by atoms with Crippen molar-refractivity contribution in [3.8, 4) is 5.75 Å². The van der Waals surface area contributed by atoms with Gasteiger partial charge in [0.05, 0.1) is 0 Å². The van der Waals surface area contributed by atoms with Gasteiger partial charge in [0, 0.05) is 42.0 Å². The second kappa shape index (κ2) is 9.58. The third kappa shape index (κ3) is 5.48. The fourth-order valence-corrected chi connectivity index (χ4v) is 3.90. The van der Waals surface area contributed by atoms with E-state index < -0.39 is 0 Å². The summed E-state index contributed by atoms with van der Waals surface area (Å²) in [6.07, 6.45) is 0. The van der Waals surface area contributed by atoms with E-state index in [1.54, 1.807) is 12.1 Å². The van der Waals surface area contributed by atoms with Gasteiger partial charge in [-0.25, -0.2) is 0 Å². The molecule has 1 aliphatic heterocycles. The first-order valence-corrected chi connectivity index (χ1v) is 11.1. The molecule has 0 unspecified atom stereocenters. The van der Waals surface area contributed by atoms with Crippen LogP contribution in [0.2, 0.25) is 0 Å². The normalized spacial score (nSPS) is 14.5. The lowest BCUT2D eigenvalue weighted by molar-refractivity contribution is 0.0992. The Morgan fingerprint density at radius 3 is 2.65 bits per heavy atom. The van der Waals surface area contributed by atoms with Crippen molar-refractivity contribution >= 4 is 33.2 Å². The van der Waals surface area contributed by atoms with Gasteiger partial charge < -0.3 is 24.3 Å². The molecule has 162 valence electrons. The highest BCUT2D eigenvalue weighted by molar-refractivity contribution is 9.10. The number of hydrogen-bond donors (Lipinski definition) is 1. The number of ether oxygens (including phenoxy) is 1. The molecule has 6 nitrogen and oxygen atoms in total. The van der Waals surface area contributed by atoms with Crippen LogP contribution < -0.4 is 15.0 Å². The van der Waals surface area contributed by atoms with E-state index in [0.717, 1.165) is 47.7 Å². The number of piperazine rings is 1. The lowest BCUT2D eigenvalue weighted by Gasteiger charge is -2.34. The Kier molecular flexibility index (Phi) is 6.63. The molecule has 0 radical (unpaired) electrons. The number of anilines is 2. The van der Waals surface area contributed by atoms with E-state index in [0.29, 0.717) is 5.76 Å². The van der Waals surface area contributed by atoms with Crippen LogP contribution in [-0.4, -0.2) is 44.0 Å². The minimum atomic E-state index is -0.274. The average Bonchev–Trinajstić information content (AvgIpc) is 3.24. The van der Waals surface area contributed by atoms with Gasteiger partial charge in [0.15, 0.2) is 5.76 Å². The van der Waals surface area contributed by atoms with E-state index in [2.05, 4.69) is 50.2 Å². The van der Waals surface area contributed by atoms with Gasteiger partial charge in [-0.3, -0.25) is 4.79 Å². The highest BCUT2D eigenvalue weighted by Crippen LogP contribution is 2.25. The molecule has 3 aromatic rings. The Balaban J connectivity index is 1.36. The number of likely N-dealkylation sites (N-methyl/N-ethyl adjacent to an activating group) is 1. The third-order valence-corrected chi connectivity index (χ3v) is 5.88. The van der Waals surface area contributed by atoms with Gasteiger partial charge >= 0.3 is 0 Å². The Morgan fingerprint density at radius 1 is 1.10 bits per heavy atom. The van der Waals surface area contributed by atoms with E-state index in [1.807, 2.05) is 37.3 Å². The number of carbonyl (C=O) groups is 1. The third-order valence-electron chi connectivity index (χ3n) is 5.39. The maximum absolute atomic E-state index is 12.7. The van der Waals surface area contributed by atoms with Crippen molar-refractivity contribution in [2.24, 2.45) is 0 Å². The van der Waals surface area contributed by atoms with Gasteiger partial charge in [-0.1, -0.05) is 22.0 Å². The van der Waals surface area contributed by atoms with Crippen LogP contribution in [0.4, 0.5) is 11.4 Å². The van der Waals surface area contributed by atoms with Gasteiger partial charge in [-0.15, -0.1) is 0 Å². The number of halogens is 1. The smallest absolute Gasteiger partial charge is 0.291 e. The molecule has 2 heterocycles. The van der Waals surface area contributed by atoms with Crippen LogP contribution in [0.25, 0.3) is 0 Å². The summed E-state index contributed by atoms with van der Waals surface area (Å²) in [5.74, 6) is 1.31. The molecule has 1 aromatic heterocycles. The van der Waals surface area contributed by atoms with Gasteiger partial charge in [0.25, 0.3) is 5.91 Å². The van der Waals surface area contributed by atoms with E-state index in [9.17, 15) is 4.79 Å². The molecule has 2 aromatic carbocycles. The first-order chi connectivity index (χ1) is 15.0. The lowest BCUT2D eigenvalue weighted by Crippen LogP contribution is -2.44. The predicted octanol–water partition coefficient (Wildman–Crippen LogP) is 4.93. The van der Waals surface area contributed by atoms with Crippen molar-refractivity contribution < 1.29 is 13.9 Å². The zero-order valence-electron chi connectivity index (χ0n) is 17.7. The number of rotatable bonds is 6. The summed E-state index contributed by atoms with van der Waals surface area (Å²) in [4.78, 5) is 17.4. The quantitative estimate of drug-likeness (QED) is 0.538. The monoisotopic (exact) mass is 483 g/mol. The molecule has 1 saturated heterocycles. The van der Waals surface area contributed by atoms with Crippen molar-refractivity contribution in [1.29, 1.82) is 0 Å². The maximum Gasteiger partial charge on any atom is 0.291 e. The van der Waals surface area contributed by atoms with Crippen molar-refractivity contribution in [3.05, 3.63) is 76.2 Å². The molecular weight excluding hydrogens is 458 g/mol. The number of aryl methyl sites for hydroxylation is 1. The second-order valence-corrected chi connectivity index (χ2v) is 8.67. The molecule has 0 atom stereocenters. The molecule has 31 heavy (non-hydrogen) atoms. The lowest BCUT2D eigenvalue weighted by atomic mass is 10.1. The van der Waals surface area contributed by atoms with Crippen molar-refractivity contribution in [3.63, 3.8) is 0 Å². The topological polar surface area (TPSA) is 58.0 Å². The number of nitrogens with one attached hydrogen (secondary N) is 1. The van der Waals surface area contributed by atoms with E-state index >= 15 is 0 Å². The second-order valence-electron chi connectivity index (χ2n) is 7.76. The summed E-state index contributed by atoms with van der Waals surface area (Å²) in [6, 6.07) is 17.2. The number of benzene rings is 2. The average molecular weight is 484 g/mol. The zero-order chi connectivity index (χ0) is 21.8. The molecule has 0 saturated carbocycles. The Hall–Kier alpha value is -2.77. The summed E-state index contributed by atoms with van der Waals surface area (Å²) < 4.78 is 12.3. The number of hydrogen-bond acceptors (Lipinski definition) is 5. The van der Waals surface area contributed by atoms with Gasteiger partial charge in [0.2, 0.25) is 0 Å². The van der Waals surface area contributed by atoms with Crippen LogP contribution in [0.3, 0.4) is 0 Å². The summed E-state index contributed by atoms with van der Waals surface area (Å²) in [7, 11) is 2.15. The summed E-state index contributed by atoms with van der Waals surface area (Å²) >= 11 is 3.42. The maximum atomic E-state index is 12.7. The van der Waals surface area contributed by atoms with Crippen LogP contribution in [0.15, 0.2) is 63.5 Å². The van der Waals surface area contributed by atoms with Crippen molar-refractivity contribution in [2.75, 3.05) is 43.4 Å². The molecule has 1 amide bonds. The number of furan rings is 1. The molecule has 4 rings (SSSR count). The van der Waals surface area contributed by atoms with Crippen LogP contribution in [0, 0.1) is 6.92 Å². The van der Waals surface area contributed by atoms with Gasteiger partial charge in [-0.2, -0.15) is 0 Å². The minimum Gasteiger partial charge on any atom is -0.486 e. The molecule has 1 fully saturated rings. The number of amides is 1. The highest BCUT2D eigenvalue weighted by atomic mass is 79.9. The fourth-order valence-electron chi connectivity index (χ4n) is 3.52. The zero-order valence-corrected chi connectivity index (χ0v) is 19.3. The first kappa shape index (κ1) is 21.5. The Labute approximate surface area is 190 Å². The van der Waals surface area contributed by atoms with E-state index in [4.69, 9.17) is 9.15 Å². The Morgan fingerprint density at radius 2 is 1.90 bits per heavy atom. The summed E-state index contributed by atoms with van der Waals surface area (Å²) in [6.45, 7) is 6.40. The first-order valence-electron chi connectivity index (χ1n) is 10.3. The highest BCUT2D eigenvalue weighted by Gasteiger charge is 2.17. The van der Waals surface area contributed by atoms with Gasteiger partial charge in [-0.05, 0) is 68.1 Å². The molecule has 0 bridgehead atoms. The fraction of sp³-hybridized carbons (Fsp3) is 0.292. The largest absolute Gasteiger partial charge is 0.486 e. The number of carbonyl (C=O) groups excluding carboxylic acids is 1. The molecule has 1 N–H and O–H groups in total. The summed E-state index contributed by atoms with van der Waals surface area (Å²) in [5.41, 5.74) is 2.99. The Bertz CT molecular complexity index is 1060. The van der Waals surface area contributed by atoms with Crippen LogP contribution in [0.5, 0.6) is 5.75 Å². The molecule has 7 heteroatoms. The van der Waals surface area contributed by atoms with Crippen molar-refractivity contribution in [1.82, 2.24) is 4.90 Å². The summed E-state index contributed by atoms with van der Waals surface area (Å²) in [5, 5.41) is 2.95. The molecular formula is C24H26BrN3O3. The minimum absolute atomic E-state index is 0.252. The van der Waals surface area contributed by atoms with Gasteiger partial charge in [0.1, 0.15) is 18.1 Å². The van der Waals surface area contributed by atoms with Crippen LogP contribution in [-0.2, 0) is 6.61 Å². The molecule has 1 aliphatic rings. The predicted molar refractivity (Wildman–Crippen MR) is 126 cm³/mol. The van der Waals surface area contributed by atoms with Crippen molar-refractivity contribution in [2.45, 2.75) is 13.5 Å². The van der Waals surface area contributed by atoms with E-state index in [-0.39, 0.29) is 18.3 Å². The van der Waals surface area contributed by atoms with Crippen LogP contribution in [0.1, 0.15) is 21.9 Å². The molecule has 0 spiro atoms. The number of nitrogens with zero attached hydrogens (tertiary/aromatic N) is 2. The molecule has 0 aliphatic carbocycles. The SMILES string of the molecule is Cc1cc(N2CCN(C)CC2)ccc1NC(=O)c1ccc(COc2cccc(Br)c2)o1.